The van der Waals surface area contributed by atoms with Crippen LogP contribution < -0.4 is 0 Å². The third-order valence-electron chi connectivity index (χ3n) is 0.494. The molecule has 0 aliphatic carbocycles. The lowest BCUT2D eigenvalue weighted by Gasteiger charge is -1.89. The van der Waals surface area contributed by atoms with Gasteiger partial charge in [-0.2, -0.15) is 0 Å². The second kappa shape index (κ2) is 8.05. The molecule has 0 radical (unpaired) electrons. The van der Waals surface area contributed by atoms with Gasteiger partial charge in [0.15, 0.2) is 0 Å². The Labute approximate surface area is 64.8 Å². The minimum absolute atomic E-state index is 0.194. The molecule has 0 heterocycles. The molecule has 0 aliphatic heterocycles. The minimum Gasteiger partial charge on any atom is -0.481 e. The highest BCUT2D eigenvalue weighted by Gasteiger charge is 1.99. The molecule has 0 fully saturated rings. The average Bonchev–Trinajstić information content (AvgIpc) is 1.68. The summed E-state index contributed by atoms with van der Waals surface area (Å²) in [5.41, 5.74) is 0. The monoisotopic (exact) mass is 172 g/mol. The van der Waals surface area contributed by atoms with Crippen LogP contribution in [0.2, 0.25) is 0 Å². The van der Waals surface area contributed by atoms with E-state index in [0.717, 1.165) is 0 Å². The van der Waals surface area contributed by atoms with Crippen LogP contribution in [0.25, 0.3) is 0 Å². The number of hydrogen-bond donors (Lipinski definition) is 1. The lowest BCUT2D eigenvalue weighted by Crippen LogP contribution is -2.03. The van der Waals surface area contributed by atoms with E-state index in [1.165, 1.54) is 0 Å². The van der Waals surface area contributed by atoms with Crippen LogP contribution in [0.3, 0.4) is 0 Å². The van der Waals surface area contributed by atoms with Crippen LogP contribution in [0, 0.1) is 5.92 Å². The van der Waals surface area contributed by atoms with Crippen molar-refractivity contribution in [1.82, 2.24) is 0 Å². The van der Waals surface area contributed by atoms with E-state index in [-0.39, 0.29) is 11.3 Å². The quantitative estimate of drug-likeness (QED) is 0.616. The zero-order valence-electron chi connectivity index (χ0n) is 5.40. The number of carboxylic acid groups (broad SMARTS) is 1. The topological polar surface area (TPSA) is 37.3 Å². The number of alkyl halides is 2. The van der Waals surface area contributed by atoms with Crippen LogP contribution in [0.15, 0.2) is 0 Å². The van der Waals surface area contributed by atoms with Crippen molar-refractivity contribution in [2.45, 2.75) is 13.8 Å². The highest BCUT2D eigenvalue weighted by atomic mass is 35.5. The summed E-state index contributed by atoms with van der Waals surface area (Å²) < 4.78 is 0. The summed E-state index contributed by atoms with van der Waals surface area (Å²) in [6.07, 6.45) is 0. The summed E-state index contributed by atoms with van der Waals surface area (Å²) in [4.78, 5) is 9.70. The van der Waals surface area contributed by atoms with Gasteiger partial charge in [-0.25, -0.2) is 0 Å². The molecule has 0 atom stereocenters. The van der Waals surface area contributed by atoms with E-state index in [2.05, 4.69) is 0 Å². The van der Waals surface area contributed by atoms with Gasteiger partial charge in [-0.15, -0.1) is 23.2 Å². The predicted molar refractivity (Wildman–Crippen MR) is 39.0 cm³/mol. The van der Waals surface area contributed by atoms with Crippen LogP contribution in [-0.4, -0.2) is 16.4 Å². The van der Waals surface area contributed by atoms with E-state index in [1.807, 2.05) is 0 Å². The minimum atomic E-state index is -0.741. The van der Waals surface area contributed by atoms with Crippen LogP contribution >= 0.6 is 23.2 Å². The van der Waals surface area contributed by atoms with Crippen molar-refractivity contribution in [1.29, 1.82) is 0 Å². The Balaban J connectivity index is 0. The van der Waals surface area contributed by atoms with E-state index < -0.39 is 5.97 Å². The summed E-state index contributed by atoms with van der Waals surface area (Å²) in [5, 5.41) is 8.19. The third kappa shape index (κ3) is 18.0. The second-order valence-corrected chi connectivity index (χ2v) is 2.40. The molecular weight excluding hydrogens is 163 g/mol. The molecule has 0 rings (SSSR count). The van der Waals surface area contributed by atoms with E-state index in [4.69, 9.17) is 28.3 Å². The van der Waals surface area contributed by atoms with Gasteiger partial charge >= 0.3 is 5.97 Å². The molecule has 0 amide bonds. The van der Waals surface area contributed by atoms with Gasteiger partial charge in [-0.05, 0) is 0 Å². The molecule has 0 bridgehead atoms. The molecule has 0 aromatic rings. The van der Waals surface area contributed by atoms with Gasteiger partial charge in [-0.1, -0.05) is 13.8 Å². The SMILES string of the molecule is CC(C)C(=O)O.ClCCl. The molecular formula is C5H10Cl2O2. The maximum Gasteiger partial charge on any atom is 0.305 e. The lowest BCUT2D eigenvalue weighted by atomic mass is 10.2. The highest BCUT2D eigenvalue weighted by Crippen LogP contribution is 1.87. The molecule has 4 heteroatoms. The molecule has 0 spiro atoms. The molecule has 9 heavy (non-hydrogen) atoms. The van der Waals surface area contributed by atoms with Crippen LogP contribution in [0.4, 0.5) is 0 Å². The number of aliphatic carboxylic acids is 1. The summed E-state index contributed by atoms with van der Waals surface area (Å²) in [5.74, 6) is -0.972. The van der Waals surface area contributed by atoms with Gasteiger partial charge in [0.25, 0.3) is 0 Å². The number of halogens is 2. The second-order valence-electron chi connectivity index (χ2n) is 1.59. The van der Waals surface area contributed by atoms with Gasteiger partial charge < -0.3 is 5.11 Å². The molecule has 0 aliphatic rings. The summed E-state index contributed by atoms with van der Waals surface area (Å²) in [6, 6.07) is 0. The highest BCUT2D eigenvalue weighted by molar-refractivity contribution is 6.40. The number of carboxylic acids is 1. The third-order valence-corrected chi connectivity index (χ3v) is 0.494. The van der Waals surface area contributed by atoms with Crippen molar-refractivity contribution in [2.75, 3.05) is 5.34 Å². The van der Waals surface area contributed by atoms with Gasteiger partial charge in [0.1, 0.15) is 0 Å². The molecule has 0 saturated carbocycles. The zero-order chi connectivity index (χ0) is 7.86. The fraction of sp³-hybridized carbons (Fsp3) is 0.800. The Morgan fingerprint density at radius 2 is 1.67 bits per heavy atom. The first-order valence-corrected chi connectivity index (χ1v) is 3.47. The van der Waals surface area contributed by atoms with E-state index in [9.17, 15) is 4.79 Å². The molecule has 0 unspecified atom stereocenters. The zero-order valence-corrected chi connectivity index (χ0v) is 6.91. The predicted octanol–water partition coefficient (Wildman–Crippen LogP) is 2.15. The Hall–Kier alpha value is 0.0500. The Bertz CT molecular complexity index is 73.4. The van der Waals surface area contributed by atoms with Crippen molar-refractivity contribution in [3.8, 4) is 0 Å². The molecule has 0 aromatic heterocycles. The summed E-state index contributed by atoms with van der Waals surface area (Å²) >= 11 is 9.53. The number of rotatable bonds is 1. The van der Waals surface area contributed by atoms with Crippen molar-refractivity contribution < 1.29 is 9.90 Å². The number of carbonyl (C=O) groups is 1. The fourth-order valence-electron chi connectivity index (χ4n) is 0. The van der Waals surface area contributed by atoms with E-state index in [1.54, 1.807) is 13.8 Å². The summed E-state index contributed by atoms with van der Waals surface area (Å²) in [6.45, 7) is 3.28. The van der Waals surface area contributed by atoms with E-state index >= 15 is 0 Å². The molecule has 0 saturated heterocycles. The lowest BCUT2D eigenvalue weighted by molar-refractivity contribution is -0.140. The normalized spacial score (nSPS) is 8.11. The first kappa shape index (κ1) is 11.8. The van der Waals surface area contributed by atoms with Crippen molar-refractivity contribution in [2.24, 2.45) is 5.92 Å². The van der Waals surface area contributed by atoms with Crippen molar-refractivity contribution >= 4 is 29.2 Å². The smallest absolute Gasteiger partial charge is 0.305 e. The Morgan fingerprint density at radius 3 is 1.67 bits per heavy atom. The van der Waals surface area contributed by atoms with Gasteiger partial charge in [0.2, 0.25) is 0 Å². The molecule has 56 valence electrons. The van der Waals surface area contributed by atoms with E-state index in [0.29, 0.717) is 0 Å². The fourth-order valence-corrected chi connectivity index (χ4v) is 0. The first-order chi connectivity index (χ1) is 4.06. The summed E-state index contributed by atoms with van der Waals surface area (Å²) in [7, 11) is 0. The standard InChI is InChI=1S/C4H8O2.CH2Cl2/c1-3(2)4(5)6;2-1-3/h3H,1-2H3,(H,5,6);1H2. The van der Waals surface area contributed by atoms with Crippen LogP contribution in [-0.2, 0) is 4.79 Å². The van der Waals surface area contributed by atoms with Gasteiger partial charge in [-0.3, -0.25) is 4.79 Å². The van der Waals surface area contributed by atoms with Crippen molar-refractivity contribution in [3.05, 3.63) is 0 Å². The largest absolute Gasteiger partial charge is 0.481 e. The molecule has 2 nitrogen and oxygen atoms in total. The first-order valence-electron chi connectivity index (χ1n) is 2.41. The maximum atomic E-state index is 9.70. The van der Waals surface area contributed by atoms with Gasteiger partial charge in [0, 0.05) is 0 Å². The average molecular weight is 173 g/mol. The molecule has 0 aromatic carbocycles. The van der Waals surface area contributed by atoms with Crippen LogP contribution in [0.1, 0.15) is 13.8 Å². The Morgan fingerprint density at radius 1 is 1.56 bits per heavy atom. The van der Waals surface area contributed by atoms with Crippen molar-refractivity contribution in [3.63, 3.8) is 0 Å². The van der Waals surface area contributed by atoms with Crippen LogP contribution in [0.5, 0.6) is 0 Å². The van der Waals surface area contributed by atoms with Gasteiger partial charge in [0.05, 0.1) is 11.3 Å². The Kier molecular flexibility index (Phi) is 10.6. The number of hydrogen-bond acceptors (Lipinski definition) is 1. The maximum absolute atomic E-state index is 9.70. The molecule has 1 N–H and O–H groups in total.